The fraction of sp³-hybridized carbons (Fsp3) is 0.429. The number of aromatic nitrogens is 2. The molecule has 0 radical (unpaired) electrons. The molecule has 0 bridgehead atoms. The van der Waals surface area contributed by atoms with Gasteiger partial charge in [0, 0.05) is 7.05 Å². The lowest BCUT2D eigenvalue weighted by atomic mass is 10.4. The van der Waals surface area contributed by atoms with Crippen molar-refractivity contribution in [3.63, 3.8) is 0 Å². The molecule has 1 rings (SSSR count). The van der Waals surface area contributed by atoms with Gasteiger partial charge >= 0.3 is 5.97 Å². The molecule has 1 aromatic rings. The van der Waals surface area contributed by atoms with E-state index in [2.05, 4.69) is 9.84 Å². The van der Waals surface area contributed by atoms with Crippen molar-refractivity contribution in [1.29, 1.82) is 0 Å². The number of aryl methyl sites for hydroxylation is 1. The van der Waals surface area contributed by atoms with Crippen molar-refractivity contribution >= 4 is 27.6 Å². The predicted molar refractivity (Wildman–Crippen MR) is 55.6 cm³/mol. The molecule has 1 heterocycles. The number of ether oxygens (including phenoxy) is 1. The van der Waals surface area contributed by atoms with Gasteiger partial charge in [-0.15, -0.1) is 11.6 Å². The van der Waals surface area contributed by atoms with Crippen LogP contribution in [0.4, 0.5) is 0 Å². The zero-order chi connectivity index (χ0) is 12.3. The van der Waals surface area contributed by atoms with E-state index in [1.54, 1.807) is 0 Å². The van der Waals surface area contributed by atoms with Crippen LogP contribution in [0.1, 0.15) is 10.4 Å². The second kappa shape index (κ2) is 4.81. The quantitative estimate of drug-likeness (QED) is 0.583. The number of hydrogen-bond acceptors (Lipinski definition) is 5. The Balaban J connectivity index is 3.11. The SMILES string of the molecule is Cn1ncc(C(=O)OCCCl)c1S(N)(=O)=O. The van der Waals surface area contributed by atoms with Gasteiger partial charge in [0.25, 0.3) is 10.0 Å². The zero-order valence-corrected chi connectivity index (χ0v) is 9.95. The van der Waals surface area contributed by atoms with E-state index in [4.69, 9.17) is 16.7 Å². The molecule has 0 spiro atoms. The lowest BCUT2D eigenvalue weighted by molar-refractivity contribution is 0.0524. The Morgan fingerprint density at radius 1 is 1.69 bits per heavy atom. The first kappa shape index (κ1) is 12.9. The number of primary sulfonamides is 1. The molecular weight excluding hydrogens is 258 g/mol. The lowest BCUT2D eigenvalue weighted by Gasteiger charge is -2.03. The third-order valence-corrected chi connectivity index (χ3v) is 2.86. The molecule has 0 unspecified atom stereocenters. The largest absolute Gasteiger partial charge is 0.461 e. The lowest BCUT2D eigenvalue weighted by Crippen LogP contribution is -2.20. The molecule has 0 aromatic carbocycles. The number of carbonyl (C=O) groups is 1. The summed E-state index contributed by atoms with van der Waals surface area (Å²) in [6.07, 6.45) is 1.08. The number of carbonyl (C=O) groups excluding carboxylic acids is 1. The molecule has 0 aliphatic carbocycles. The molecule has 0 amide bonds. The number of hydrogen-bond donors (Lipinski definition) is 1. The van der Waals surface area contributed by atoms with Crippen molar-refractivity contribution in [3.05, 3.63) is 11.8 Å². The average Bonchev–Trinajstić information content (AvgIpc) is 2.56. The Morgan fingerprint density at radius 3 is 2.81 bits per heavy atom. The molecule has 90 valence electrons. The maximum atomic E-state index is 11.4. The smallest absolute Gasteiger partial charge is 0.342 e. The second-order valence-electron chi connectivity index (χ2n) is 2.86. The summed E-state index contributed by atoms with van der Waals surface area (Å²) in [7, 11) is -2.67. The molecule has 0 aliphatic heterocycles. The van der Waals surface area contributed by atoms with Crippen LogP contribution in [0.5, 0.6) is 0 Å². The van der Waals surface area contributed by atoms with Gasteiger partial charge < -0.3 is 4.74 Å². The molecule has 2 N–H and O–H groups in total. The molecule has 0 saturated heterocycles. The third-order valence-electron chi connectivity index (χ3n) is 1.68. The van der Waals surface area contributed by atoms with Crippen LogP contribution >= 0.6 is 11.6 Å². The Hall–Kier alpha value is -1.12. The molecular formula is C7H10ClN3O4S. The first-order chi connectivity index (χ1) is 7.38. The predicted octanol–water partition coefficient (Wildman–Crippen LogP) is -0.537. The molecule has 0 atom stereocenters. The Morgan fingerprint density at radius 2 is 2.31 bits per heavy atom. The molecule has 16 heavy (non-hydrogen) atoms. The number of halogens is 1. The van der Waals surface area contributed by atoms with Crippen LogP contribution in [0.15, 0.2) is 11.2 Å². The van der Waals surface area contributed by atoms with Gasteiger partial charge in [-0.25, -0.2) is 18.4 Å². The van der Waals surface area contributed by atoms with Crippen molar-refractivity contribution in [2.24, 2.45) is 12.2 Å². The summed E-state index contributed by atoms with van der Waals surface area (Å²) < 4.78 is 28.1. The maximum Gasteiger partial charge on any atom is 0.342 e. The highest BCUT2D eigenvalue weighted by Gasteiger charge is 2.25. The number of sulfonamides is 1. The number of nitrogens with two attached hydrogens (primary N) is 1. The van der Waals surface area contributed by atoms with Gasteiger partial charge in [-0.1, -0.05) is 0 Å². The minimum Gasteiger partial charge on any atom is -0.461 e. The van der Waals surface area contributed by atoms with Crippen LogP contribution < -0.4 is 5.14 Å². The van der Waals surface area contributed by atoms with Crippen LogP contribution in [0.3, 0.4) is 0 Å². The summed E-state index contributed by atoms with van der Waals surface area (Å²) in [6.45, 7) is -0.0145. The van der Waals surface area contributed by atoms with Crippen molar-refractivity contribution in [2.45, 2.75) is 5.03 Å². The van der Waals surface area contributed by atoms with E-state index < -0.39 is 16.0 Å². The molecule has 0 saturated carbocycles. The molecule has 1 aromatic heterocycles. The van der Waals surface area contributed by atoms with Gasteiger partial charge in [0.2, 0.25) is 0 Å². The minimum absolute atomic E-state index is 0.0145. The third kappa shape index (κ3) is 2.71. The van der Waals surface area contributed by atoms with Gasteiger partial charge in [0.15, 0.2) is 5.03 Å². The van der Waals surface area contributed by atoms with E-state index >= 15 is 0 Å². The Kier molecular flexibility index (Phi) is 3.89. The fourth-order valence-electron chi connectivity index (χ4n) is 1.11. The number of alkyl halides is 1. The van der Waals surface area contributed by atoms with Gasteiger partial charge in [-0.2, -0.15) is 5.10 Å². The summed E-state index contributed by atoms with van der Waals surface area (Å²) in [5.74, 6) is -0.700. The first-order valence-corrected chi connectivity index (χ1v) is 6.24. The molecule has 0 fully saturated rings. The summed E-state index contributed by atoms with van der Waals surface area (Å²) in [6, 6.07) is 0. The van der Waals surface area contributed by atoms with Crippen LogP contribution in [-0.4, -0.2) is 36.7 Å². The standard InChI is InChI=1S/C7H10ClN3O4S/c1-11-6(16(9,13)14)5(4-10-11)7(12)15-3-2-8/h4H,2-3H2,1H3,(H2,9,13,14). The first-order valence-electron chi connectivity index (χ1n) is 4.16. The van der Waals surface area contributed by atoms with Gasteiger partial charge in [-0.3, -0.25) is 4.68 Å². The molecule has 9 heteroatoms. The average molecular weight is 268 g/mol. The second-order valence-corrected chi connectivity index (χ2v) is 4.71. The van der Waals surface area contributed by atoms with E-state index in [-0.39, 0.29) is 23.1 Å². The summed E-state index contributed by atoms with van der Waals surface area (Å²) >= 11 is 5.33. The number of esters is 1. The Bertz CT molecular complexity index is 496. The normalized spacial score (nSPS) is 11.4. The number of nitrogens with zero attached hydrogens (tertiary/aromatic N) is 2. The summed E-state index contributed by atoms with van der Waals surface area (Å²) in [5, 5.41) is 8.20. The summed E-state index contributed by atoms with van der Waals surface area (Å²) in [5.41, 5.74) is -0.199. The van der Waals surface area contributed by atoms with Crippen LogP contribution in [-0.2, 0) is 21.8 Å². The highest BCUT2D eigenvalue weighted by molar-refractivity contribution is 7.89. The topological polar surface area (TPSA) is 104 Å². The zero-order valence-electron chi connectivity index (χ0n) is 8.38. The van der Waals surface area contributed by atoms with Crippen molar-refractivity contribution < 1.29 is 17.9 Å². The number of rotatable bonds is 4. The highest BCUT2D eigenvalue weighted by atomic mass is 35.5. The Labute approximate surface area is 97.2 Å². The minimum atomic E-state index is -4.02. The van der Waals surface area contributed by atoms with E-state index in [9.17, 15) is 13.2 Å². The van der Waals surface area contributed by atoms with Crippen molar-refractivity contribution in [3.8, 4) is 0 Å². The van der Waals surface area contributed by atoms with Crippen LogP contribution in [0.25, 0.3) is 0 Å². The van der Waals surface area contributed by atoms with Crippen LogP contribution in [0, 0.1) is 0 Å². The summed E-state index contributed by atoms with van der Waals surface area (Å²) in [4.78, 5) is 11.4. The van der Waals surface area contributed by atoms with Crippen molar-refractivity contribution in [2.75, 3.05) is 12.5 Å². The molecule has 7 nitrogen and oxygen atoms in total. The van der Waals surface area contributed by atoms with E-state index in [0.717, 1.165) is 10.9 Å². The van der Waals surface area contributed by atoms with Gasteiger partial charge in [0.1, 0.15) is 12.2 Å². The monoisotopic (exact) mass is 267 g/mol. The van der Waals surface area contributed by atoms with E-state index in [1.807, 2.05) is 0 Å². The van der Waals surface area contributed by atoms with Crippen LogP contribution in [0.2, 0.25) is 0 Å². The van der Waals surface area contributed by atoms with Crippen molar-refractivity contribution in [1.82, 2.24) is 9.78 Å². The van der Waals surface area contributed by atoms with E-state index in [1.165, 1.54) is 7.05 Å². The maximum absolute atomic E-state index is 11.4. The highest BCUT2D eigenvalue weighted by Crippen LogP contribution is 2.13. The van der Waals surface area contributed by atoms with Gasteiger partial charge in [-0.05, 0) is 0 Å². The fourth-order valence-corrected chi connectivity index (χ4v) is 2.05. The van der Waals surface area contributed by atoms with Gasteiger partial charge in [0.05, 0.1) is 12.1 Å². The van der Waals surface area contributed by atoms with E-state index in [0.29, 0.717) is 0 Å². The molecule has 0 aliphatic rings.